The molecule has 2 unspecified atom stereocenters. The normalized spacial score (nSPS) is 21.5. The maximum absolute atomic E-state index is 3.69. The molecule has 0 radical (unpaired) electrons. The second-order valence-electron chi connectivity index (χ2n) is 8.41. The van der Waals surface area contributed by atoms with Crippen LogP contribution in [-0.2, 0) is 0 Å². The van der Waals surface area contributed by atoms with Gasteiger partial charge in [-0.2, -0.15) is 0 Å². The highest BCUT2D eigenvalue weighted by molar-refractivity contribution is 5.86. The van der Waals surface area contributed by atoms with Gasteiger partial charge in [0.05, 0.1) is 0 Å². The van der Waals surface area contributed by atoms with Crippen molar-refractivity contribution in [2.24, 2.45) is 11.8 Å². The molecule has 6 rings (SSSR count). The van der Waals surface area contributed by atoms with Gasteiger partial charge in [-0.1, -0.05) is 60.2 Å². The van der Waals surface area contributed by atoms with Crippen molar-refractivity contribution in [1.29, 1.82) is 0 Å². The van der Waals surface area contributed by atoms with Crippen molar-refractivity contribution in [3.8, 4) is 0 Å². The monoisotopic (exact) mass is 388 g/mol. The number of benzene rings is 3. The summed E-state index contributed by atoms with van der Waals surface area (Å²) in [6.07, 6.45) is 13.6. The third kappa shape index (κ3) is 3.25. The molecule has 0 spiro atoms. The lowest BCUT2D eigenvalue weighted by atomic mass is 9.93. The standard InChI is InChI=1S/C28H24N2/c1-2-8-21-17-28(27-18-26(27)25(21)9-3-1)30-23-14-12-22(13-15-23)29-24-11-10-19-6-4-5-7-20(19)16-24/h1-8,10-17,26-27,29-30H,9,18H2. The Labute approximate surface area is 177 Å². The molecule has 0 aliphatic heterocycles. The SMILES string of the molecule is C1=CCC2=C(C=C1)C=C(Nc1ccc(Nc3ccc4ccccc4c3)cc1)C1CC21. The first-order valence-electron chi connectivity index (χ1n) is 10.7. The first-order valence-corrected chi connectivity index (χ1v) is 10.7. The fourth-order valence-electron chi connectivity index (χ4n) is 4.73. The molecular weight excluding hydrogens is 364 g/mol. The maximum Gasteiger partial charge on any atom is 0.0390 e. The van der Waals surface area contributed by atoms with Crippen LogP contribution in [0.25, 0.3) is 10.8 Å². The van der Waals surface area contributed by atoms with Crippen LogP contribution in [0, 0.1) is 11.8 Å². The lowest BCUT2D eigenvalue weighted by Gasteiger charge is -2.19. The number of allylic oxidation sites excluding steroid dienone is 8. The van der Waals surface area contributed by atoms with E-state index in [2.05, 4.69) is 108 Å². The molecule has 0 saturated heterocycles. The molecule has 0 amide bonds. The van der Waals surface area contributed by atoms with Crippen LogP contribution in [0.4, 0.5) is 17.1 Å². The van der Waals surface area contributed by atoms with E-state index in [-0.39, 0.29) is 0 Å². The van der Waals surface area contributed by atoms with Crippen LogP contribution in [0.15, 0.2) is 114 Å². The van der Waals surface area contributed by atoms with E-state index in [0.717, 1.165) is 29.4 Å². The zero-order valence-electron chi connectivity index (χ0n) is 16.8. The molecule has 3 aliphatic carbocycles. The van der Waals surface area contributed by atoms with Gasteiger partial charge in [0.15, 0.2) is 0 Å². The first-order chi connectivity index (χ1) is 14.8. The first kappa shape index (κ1) is 17.3. The van der Waals surface area contributed by atoms with E-state index in [1.165, 1.54) is 28.5 Å². The van der Waals surface area contributed by atoms with E-state index in [1.807, 2.05) is 0 Å². The molecule has 30 heavy (non-hydrogen) atoms. The molecular formula is C28H24N2. The summed E-state index contributed by atoms with van der Waals surface area (Å²) in [4.78, 5) is 0. The molecule has 146 valence electrons. The summed E-state index contributed by atoms with van der Waals surface area (Å²) in [7, 11) is 0. The highest BCUT2D eigenvalue weighted by atomic mass is 14.9. The average molecular weight is 389 g/mol. The number of fused-ring (bicyclic) bond motifs is 3. The molecule has 2 nitrogen and oxygen atoms in total. The van der Waals surface area contributed by atoms with Crippen LogP contribution in [-0.4, -0.2) is 0 Å². The van der Waals surface area contributed by atoms with Crippen molar-refractivity contribution in [3.63, 3.8) is 0 Å². The fourth-order valence-corrected chi connectivity index (χ4v) is 4.73. The largest absolute Gasteiger partial charge is 0.359 e. The minimum Gasteiger partial charge on any atom is -0.359 e. The lowest BCUT2D eigenvalue weighted by molar-refractivity contribution is 0.831. The van der Waals surface area contributed by atoms with Gasteiger partial charge in [0, 0.05) is 28.7 Å². The van der Waals surface area contributed by atoms with E-state index >= 15 is 0 Å². The number of nitrogens with one attached hydrogen (secondary N) is 2. The molecule has 2 N–H and O–H groups in total. The average Bonchev–Trinajstić information content (AvgIpc) is 3.59. The minimum atomic E-state index is 0.666. The van der Waals surface area contributed by atoms with Gasteiger partial charge in [-0.25, -0.2) is 0 Å². The van der Waals surface area contributed by atoms with Crippen molar-refractivity contribution in [3.05, 3.63) is 114 Å². The molecule has 0 aromatic heterocycles. The van der Waals surface area contributed by atoms with Gasteiger partial charge in [0.2, 0.25) is 0 Å². The van der Waals surface area contributed by atoms with E-state index < -0.39 is 0 Å². The van der Waals surface area contributed by atoms with Gasteiger partial charge >= 0.3 is 0 Å². The summed E-state index contributed by atoms with van der Waals surface area (Å²) in [5.41, 5.74) is 7.73. The molecule has 3 aliphatic rings. The van der Waals surface area contributed by atoms with Crippen molar-refractivity contribution in [2.45, 2.75) is 12.8 Å². The number of anilines is 3. The summed E-state index contributed by atoms with van der Waals surface area (Å²) < 4.78 is 0. The molecule has 1 saturated carbocycles. The molecule has 2 atom stereocenters. The van der Waals surface area contributed by atoms with Gasteiger partial charge in [0.1, 0.15) is 0 Å². The Hall–Kier alpha value is -3.52. The molecule has 0 bridgehead atoms. The molecule has 0 heterocycles. The minimum absolute atomic E-state index is 0.666. The quantitative estimate of drug-likeness (QED) is 0.488. The van der Waals surface area contributed by atoms with Crippen LogP contribution in [0.3, 0.4) is 0 Å². The van der Waals surface area contributed by atoms with Crippen molar-refractivity contribution < 1.29 is 0 Å². The van der Waals surface area contributed by atoms with E-state index in [0.29, 0.717) is 5.92 Å². The third-order valence-corrected chi connectivity index (χ3v) is 6.39. The second-order valence-corrected chi connectivity index (χ2v) is 8.41. The Morgan fingerprint density at radius 2 is 1.47 bits per heavy atom. The Balaban J connectivity index is 1.18. The second kappa shape index (κ2) is 7.07. The zero-order valence-corrected chi connectivity index (χ0v) is 16.8. The Morgan fingerprint density at radius 1 is 0.700 bits per heavy atom. The van der Waals surface area contributed by atoms with Gasteiger partial charge in [-0.15, -0.1) is 0 Å². The van der Waals surface area contributed by atoms with Crippen molar-refractivity contribution in [2.75, 3.05) is 10.6 Å². The summed E-state index contributed by atoms with van der Waals surface area (Å²) in [6.45, 7) is 0. The number of hydrogen-bond acceptors (Lipinski definition) is 2. The lowest BCUT2D eigenvalue weighted by Crippen LogP contribution is -2.09. The van der Waals surface area contributed by atoms with E-state index in [4.69, 9.17) is 0 Å². The van der Waals surface area contributed by atoms with Crippen LogP contribution in [0.2, 0.25) is 0 Å². The van der Waals surface area contributed by atoms with Crippen LogP contribution in [0.5, 0.6) is 0 Å². The zero-order chi connectivity index (χ0) is 19.9. The topological polar surface area (TPSA) is 24.1 Å². The summed E-state index contributed by atoms with van der Waals surface area (Å²) in [5.74, 6) is 1.40. The third-order valence-electron chi connectivity index (χ3n) is 6.39. The molecule has 3 aromatic rings. The van der Waals surface area contributed by atoms with E-state index in [1.54, 1.807) is 5.57 Å². The fraction of sp³-hybridized carbons (Fsp3) is 0.143. The van der Waals surface area contributed by atoms with Crippen LogP contribution in [0.1, 0.15) is 12.8 Å². The van der Waals surface area contributed by atoms with Crippen molar-refractivity contribution >= 4 is 27.8 Å². The molecule has 3 aromatic carbocycles. The van der Waals surface area contributed by atoms with Gasteiger partial charge in [-0.3, -0.25) is 0 Å². The smallest absolute Gasteiger partial charge is 0.0390 e. The number of hydrogen-bond donors (Lipinski definition) is 2. The van der Waals surface area contributed by atoms with Gasteiger partial charge in [0.25, 0.3) is 0 Å². The summed E-state index contributed by atoms with van der Waals surface area (Å²) in [5, 5.41) is 9.72. The summed E-state index contributed by atoms with van der Waals surface area (Å²) >= 11 is 0. The van der Waals surface area contributed by atoms with E-state index in [9.17, 15) is 0 Å². The van der Waals surface area contributed by atoms with Crippen molar-refractivity contribution in [1.82, 2.24) is 0 Å². The highest BCUT2D eigenvalue weighted by Gasteiger charge is 2.45. The van der Waals surface area contributed by atoms with Crippen LogP contribution >= 0.6 is 0 Å². The Kier molecular flexibility index (Phi) is 4.09. The maximum atomic E-state index is 3.69. The molecule has 2 heteroatoms. The number of rotatable bonds is 4. The Morgan fingerprint density at radius 3 is 2.33 bits per heavy atom. The summed E-state index contributed by atoms with van der Waals surface area (Å²) in [6, 6.07) is 23.6. The predicted molar refractivity (Wildman–Crippen MR) is 127 cm³/mol. The van der Waals surface area contributed by atoms with Gasteiger partial charge < -0.3 is 10.6 Å². The predicted octanol–water partition coefficient (Wildman–Crippen LogP) is 7.34. The van der Waals surface area contributed by atoms with Crippen LogP contribution < -0.4 is 10.6 Å². The molecule has 1 fully saturated rings. The Bertz CT molecular complexity index is 1240. The highest BCUT2D eigenvalue weighted by Crippen LogP contribution is 2.54. The van der Waals surface area contributed by atoms with Gasteiger partial charge in [-0.05, 0) is 77.6 Å².